The van der Waals surface area contributed by atoms with E-state index < -0.39 is 51.9 Å². The normalized spacial score (nSPS) is 12.7. The molecule has 2 rings (SSSR count). The van der Waals surface area contributed by atoms with Crippen LogP contribution in [-0.4, -0.2) is 50.5 Å². The molecule has 0 saturated heterocycles. The van der Waals surface area contributed by atoms with E-state index in [4.69, 9.17) is 34.8 Å². The fourth-order valence-corrected chi connectivity index (χ4v) is 4.87. The Hall–Kier alpha value is -2.21. The molecule has 1 N–H and O–H groups in total. The highest BCUT2D eigenvalue weighted by Gasteiger charge is 2.35. The zero-order valence-electron chi connectivity index (χ0n) is 19.4. The van der Waals surface area contributed by atoms with E-state index in [1.807, 2.05) is 0 Å². The molecule has 0 spiro atoms. The van der Waals surface area contributed by atoms with Crippen molar-refractivity contribution in [3.05, 3.63) is 62.6 Å². The minimum atomic E-state index is -4.79. The van der Waals surface area contributed by atoms with Crippen molar-refractivity contribution in [1.29, 1.82) is 0 Å². The number of halogens is 6. The molecule has 0 saturated carbocycles. The molecule has 0 aliphatic carbocycles. The highest BCUT2D eigenvalue weighted by molar-refractivity contribution is 7.92. The second kappa shape index (κ2) is 11.9. The summed E-state index contributed by atoms with van der Waals surface area (Å²) in [6, 6.07) is 5.63. The van der Waals surface area contributed by atoms with Gasteiger partial charge < -0.3 is 10.2 Å². The lowest BCUT2D eigenvalue weighted by Crippen LogP contribution is -2.51. The summed E-state index contributed by atoms with van der Waals surface area (Å²) in [7, 11) is -4.30. The highest BCUT2D eigenvalue weighted by Crippen LogP contribution is 2.36. The van der Waals surface area contributed by atoms with Crippen LogP contribution in [0, 0.1) is 0 Å². The minimum absolute atomic E-state index is 0.198. The van der Waals surface area contributed by atoms with Crippen molar-refractivity contribution in [3.63, 3.8) is 0 Å². The average Bonchev–Trinajstić information content (AvgIpc) is 2.76. The second-order valence-electron chi connectivity index (χ2n) is 7.73. The number of nitrogens with zero attached hydrogens (tertiary/aromatic N) is 2. The van der Waals surface area contributed by atoms with Gasteiger partial charge in [0, 0.05) is 28.7 Å². The van der Waals surface area contributed by atoms with Gasteiger partial charge in [-0.25, -0.2) is 8.42 Å². The van der Waals surface area contributed by atoms with Crippen molar-refractivity contribution in [1.82, 2.24) is 10.2 Å². The number of amides is 2. The molecule has 0 aromatic heterocycles. The first-order valence-corrected chi connectivity index (χ1v) is 13.4. The van der Waals surface area contributed by atoms with Crippen LogP contribution in [0.4, 0.5) is 18.9 Å². The number of anilines is 1. The van der Waals surface area contributed by atoms with E-state index in [0.717, 1.165) is 17.2 Å². The molecule has 0 aliphatic heterocycles. The van der Waals surface area contributed by atoms with Crippen LogP contribution in [-0.2, 0) is 32.3 Å². The predicted octanol–water partition coefficient (Wildman–Crippen LogP) is 4.99. The zero-order valence-corrected chi connectivity index (χ0v) is 22.5. The van der Waals surface area contributed by atoms with Crippen molar-refractivity contribution in [2.24, 2.45) is 0 Å². The number of benzene rings is 2. The van der Waals surface area contributed by atoms with Crippen molar-refractivity contribution in [2.45, 2.75) is 32.6 Å². The van der Waals surface area contributed by atoms with Gasteiger partial charge in [-0.05, 0) is 44.2 Å². The van der Waals surface area contributed by atoms with Gasteiger partial charge in [0.15, 0.2) is 0 Å². The Labute approximate surface area is 222 Å². The number of rotatable bonds is 9. The Morgan fingerprint density at radius 1 is 1.06 bits per heavy atom. The third-order valence-electron chi connectivity index (χ3n) is 5.13. The molecule has 2 aromatic carbocycles. The van der Waals surface area contributed by atoms with E-state index in [0.29, 0.717) is 22.0 Å². The number of carbonyl (C=O) groups is 2. The van der Waals surface area contributed by atoms with Gasteiger partial charge in [0.2, 0.25) is 21.8 Å². The summed E-state index contributed by atoms with van der Waals surface area (Å²) in [5, 5.41) is 2.64. The molecule has 7 nitrogen and oxygen atoms in total. The molecule has 2 aromatic rings. The largest absolute Gasteiger partial charge is 0.416 e. The van der Waals surface area contributed by atoms with Gasteiger partial charge in [-0.1, -0.05) is 40.9 Å². The van der Waals surface area contributed by atoms with Gasteiger partial charge in [-0.2, -0.15) is 13.2 Å². The van der Waals surface area contributed by atoms with Crippen molar-refractivity contribution >= 4 is 62.3 Å². The fraction of sp³-hybridized carbons (Fsp3) is 0.364. The second-order valence-corrected chi connectivity index (χ2v) is 10.9. The predicted molar refractivity (Wildman–Crippen MR) is 134 cm³/mol. The van der Waals surface area contributed by atoms with Crippen LogP contribution in [0.3, 0.4) is 0 Å². The summed E-state index contributed by atoms with van der Waals surface area (Å²) in [6.45, 7) is 2.13. The third-order valence-corrected chi connectivity index (χ3v) is 7.28. The van der Waals surface area contributed by atoms with Gasteiger partial charge >= 0.3 is 6.18 Å². The molecule has 0 unspecified atom stereocenters. The van der Waals surface area contributed by atoms with Crippen molar-refractivity contribution in [2.75, 3.05) is 23.7 Å². The Kier molecular flexibility index (Phi) is 9.91. The SMILES string of the molecule is CCNC(=O)[C@@H](C)N(Cc1c(Cl)cccc1Cl)C(=O)CN(c1cc(C(F)(F)F)ccc1Cl)S(C)(=O)=O. The number of sulfonamides is 1. The Morgan fingerprint density at radius 3 is 2.14 bits per heavy atom. The summed E-state index contributed by atoms with van der Waals surface area (Å²) in [5.74, 6) is -1.44. The van der Waals surface area contributed by atoms with Crippen LogP contribution < -0.4 is 9.62 Å². The van der Waals surface area contributed by atoms with Crippen LogP contribution in [0.15, 0.2) is 36.4 Å². The molecule has 0 heterocycles. The van der Waals surface area contributed by atoms with Gasteiger partial charge in [0.05, 0.1) is 22.5 Å². The minimum Gasteiger partial charge on any atom is -0.355 e. The number of hydrogen-bond acceptors (Lipinski definition) is 4. The van der Waals surface area contributed by atoms with Crippen LogP contribution >= 0.6 is 34.8 Å². The Morgan fingerprint density at radius 2 is 1.64 bits per heavy atom. The van der Waals surface area contributed by atoms with E-state index >= 15 is 0 Å². The number of likely N-dealkylation sites (N-methyl/N-ethyl adjacent to an activating group) is 1. The van der Waals surface area contributed by atoms with Crippen LogP contribution in [0.2, 0.25) is 15.1 Å². The van der Waals surface area contributed by atoms with Gasteiger partial charge in [0.25, 0.3) is 0 Å². The average molecular weight is 589 g/mol. The highest BCUT2D eigenvalue weighted by atomic mass is 35.5. The van der Waals surface area contributed by atoms with E-state index in [1.165, 1.54) is 19.1 Å². The number of nitrogens with one attached hydrogen (secondary N) is 1. The quantitative estimate of drug-likeness (QED) is 0.448. The maximum atomic E-state index is 13.4. The van der Waals surface area contributed by atoms with E-state index in [1.54, 1.807) is 13.0 Å². The summed E-state index contributed by atoms with van der Waals surface area (Å²) in [5.41, 5.74) is -1.39. The van der Waals surface area contributed by atoms with Gasteiger partial charge in [-0.3, -0.25) is 13.9 Å². The number of hydrogen-bond donors (Lipinski definition) is 1. The van der Waals surface area contributed by atoms with Gasteiger partial charge in [-0.15, -0.1) is 0 Å². The van der Waals surface area contributed by atoms with E-state index in [2.05, 4.69) is 5.32 Å². The van der Waals surface area contributed by atoms with Gasteiger partial charge in [0.1, 0.15) is 12.6 Å². The topological polar surface area (TPSA) is 86.8 Å². The zero-order chi connectivity index (χ0) is 27.4. The van der Waals surface area contributed by atoms with E-state index in [9.17, 15) is 31.2 Å². The molecule has 14 heteroatoms. The number of alkyl halides is 3. The van der Waals surface area contributed by atoms with E-state index in [-0.39, 0.29) is 28.2 Å². The monoisotopic (exact) mass is 587 g/mol. The molecule has 198 valence electrons. The molecule has 0 fully saturated rings. The molecule has 2 amide bonds. The van der Waals surface area contributed by atoms with Crippen molar-refractivity contribution < 1.29 is 31.2 Å². The maximum Gasteiger partial charge on any atom is 0.416 e. The molecule has 0 radical (unpaired) electrons. The smallest absolute Gasteiger partial charge is 0.355 e. The lowest BCUT2D eigenvalue weighted by atomic mass is 10.1. The summed E-state index contributed by atoms with van der Waals surface area (Å²) < 4.78 is 65.4. The first-order chi connectivity index (χ1) is 16.6. The molecular formula is C22H23Cl3F3N3O4S. The summed E-state index contributed by atoms with van der Waals surface area (Å²) in [6.07, 6.45) is -4.06. The molecule has 36 heavy (non-hydrogen) atoms. The third kappa shape index (κ3) is 7.41. The standard InChI is InChI=1S/C22H23Cl3F3N3O4S/c1-4-29-21(33)13(2)30(11-15-16(23)6-5-7-17(15)24)20(32)12-31(36(3,34)35)19-10-14(22(26,27)28)8-9-18(19)25/h5-10,13H,4,11-12H2,1-3H3,(H,29,33)/t13-/m1/s1. The first-order valence-electron chi connectivity index (χ1n) is 10.4. The Balaban J connectivity index is 2.55. The van der Waals surface area contributed by atoms with Crippen molar-refractivity contribution in [3.8, 4) is 0 Å². The van der Waals surface area contributed by atoms with Crippen LogP contribution in [0.1, 0.15) is 25.0 Å². The summed E-state index contributed by atoms with van der Waals surface area (Å²) in [4.78, 5) is 27.0. The molecule has 0 bridgehead atoms. The molecular weight excluding hydrogens is 566 g/mol. The fourth-order valence-electron chi connectivity index (χ4n) is 3.23. The lowest BCUT2D eigenvalue weighted by molar-refractivity contribution is -0.139. The van der Waals surface area contributed by atoms with Crippen LogP contribution in [0.5, 0.6) is 0 Å². The Bertz CT molecular complexity index is 1220. The first kappa shape index (κ1) is 30.0. The van der Waals surface area contributed by atoms with Crippen LogP contribution in [0.25, 0.3) is 0 Å². The molecule has 0 aliphatic rings. The number of carbonyl (C=O) groups excluding carboxylic acids is 2. The maximum absolute atomic E-state index is 13.4. The summed E-state index contributed by atoms with van der Waals surface area (Å²) >= 11 is 18.5. The lowest BCUT2D eigenvalue weighted by Gasteiger charge is -2.32. The molecule has 1 atom stereocenters.